The summed E-state index contributed by atoms with van der Waals surface area (Å²) in [5, 5.41) is 0. The van der Waals surface area contributed by atoms with E-state index in [1.54, 1.807) is 11.9 Å². The number of aromatic nitrogens is 1. The Labute approximate surface area is 94.3 Å². The van der Waals surface area contributed by atoms with Gasteiger partial charge < -0.3 is 10.6 Å². The van der Waals surface area contributed by atoms with E-state index in [9.17, 15) is 8.78 Å². The molecule has 3 nitrogen and oxygen atoms in total. The monoisotopic (exact) mass is 229 g/mol. The molecule has 0 fully saturated rings. The van der Waals surface area contributed by atoms with E-state index in [0.717, 1.165) is 12.5 Å². The van der Waals surface area contributed by atoms with Crippen molar-refractivity contribution in [3.8, 4) is 0 Å². The van der Waals surface area contributed by atoms with Crippen LogP contribution in [0.15, 0.2) is 6.07 Å². The summed E-state index contributed by atoms with van der Waals surface area (Å²) in [6.45, 7) is 4.77. The lowest BCUT2D eigenvalue weighted by molar-refractivity contribution is 0.539. The Morgan fingerprint density at radius 1 is 1.44 bits per heavy atom. The van der Waals surface area contributed by atoms with E-state index in [1.807, 2.05) is 0 Å². The van der Waals surface area contributed by atoms with Crippen molar-refractivity contribution in [2.45, 2.75) is 20.3 Å². The van der Waals surface area contributed by atoms with Gasteiger partial charge >= 0.3 is 0 Å². The van der Waals surface area contributed by atoms with Gasteiger partial charge in [0, 0.05) is 19.7 Å². The van der Waals surface area contributed by atoms with Gasteiger partial charge in [0.25, 0.3) is 0 Å². The first-order valence-electron chi connectivity index (χ1n) is 5.28. The Morgan fingerprint density at radius 2 is 2.06 bits per heavy atom. The molecule has 1 aromatic rings. The van der Waals surface area contributed by atoms with Gasteiger partial charge in [-0.25, -0.2) is 13.8 Å². The fourth-order valence-corrected chi connectivity index (χ4v) is 1.42. The number of halogens is 2. The molecule has 0 saturated heterocycles. The zero-order valence-corrected chi connectivity index (χ0v) is 9.80. The maximum absolute atomic E-state index is 13.4. The molecule has 1 heterocycles. The minimum absolute atomic E-state index is 0.0965. The van der Waals surface area contributed by atoms with E-state index in [0.29, 0.717) is 12.5 Å². The second-order valence-electron chi connectivity index (χ2n) is 4.05. The number of nitrogen functional groups attached to an aromatic ring is 1. The van der Waals surface area contributed by atoms with Crippen LogP contribution in [0.25, 0.3) is 0 Å². The van der Waals surface area contributed by atoms with E-state index in [-0.39, 0.29) is 11.6 Å². The molecule has 0 radical (unpaired) electrons. The Bertz CT molecular complexity index is 368. The molecule has 0 amide bonds. The molecular weight excluding hydrogens is 212 g/mol. The highest BCUT2D eigenvalue weighted by atomic mass is 19.1. The summed E-state index contributed by atoms with van der Waals surface area (Å²) in [5.74, 6) is -1.26. The molecule has 16 heavy (non-hydrogen) atoms. The number of pyridine rings is 1. The Morgan fingerprint density at radius 3 is 2.62 bits per heavy atom. The maximum Gasteiger partial charge on any atom is 0.168 e. The summed E-state index contributed by atoms with van der Waals surface area (Å²) in [5.41, 5.74) is 5.31. The zero-order chi connectivity index (χ0) is 12.3. The molecule has 1 unspecified atom stereocenters. The third-order valence-electron chi connectivity index (χ3n) is 2.58. The van der Waals surface area contributed by atoms with Crippen molar-refractivity contribution in [2.24, 2.45) is 5.92 Å². The van der Waals surface area contributed by atoms with E-state index in [2.05, 4.69) is 18.8 Å². The number of nitrogens with two attached hydrogens (primary N) is 1. The van der Waals surface area contributed by atoms with Gasteiger partial charge in [-0.3, -0.25) is 0 Å². The van der Waals surface area contributed by atoms with Crippen LogP contribution in [0.1, 0.15) is 20.3 Å². The Hall–Kier alpha value is -1.39. The van der Waals surface area contributed by atoms with Gasteiger partial charge in [-0.1, -0.05) is 20.3 Å². The van der Waals surface area contributed by atoms with Gasteiger partial charge in [0.05, 0.1) is 0 Å². The molecule has 2 N–H and O–H groups in total. The molecule has 1 atom stereocenters. The van der Waals surface area contributed by atoms with Crippen LogP contribution in [-0.4, -0.2) is 18.6 Å². The lowest BCUT2D eigenvalue weighted by atomic mass is 10.1. The van der Waals surface area contributed by atoms with E-state index >= 15 is 0 Å². The molecule has 0 aliphatic heterocycles. The largest absolute Gasteiger partial charge is 0.381 e. The molecule has 0 saturated carbocycles. The summed E-state index contributed by atoms with van der Waals surface area (Å²) in [7, 11) is 1.72. The first-order chi connectivity index (χ1) is 7.45. The van der Waals surface area contributed by atoms with Crippen molar-refractivity contribution in [1.29, 1.82) is 0 Å². The second kappa shape index (κ2) is 5.09. The molecule has 0 aliphatic rings. The summed E-state index contributed by atoms with van der Waals surface area (Å²) in [6.07, 6.45) is 0.989. The Kier molecular flexibility index (Phi) is 4.04. The second-order valence-corrected chi connectivity index (χ2v) is 4.05. The lowest BCUT2D eigenvalue weighted by Crippen LogP contribution is -2.26. The third kappa shape index (κ3) is 2.81. The quantitative estimate of drug-likeness (QED) is 0.862. The SMILES string of the molecule is CCC(C)CN(C)c1nc(N)c(F)cc1F. The lowest BCUT2D eigenvalue weighted by Gasteiger charge is -2.22. The third-order valence-corrected chi connectivity index (χ3v) is 2.58. The highest BCUT2D eigenvalue weighted by Gasteiger charge is 2.14. The van der Waals surface area contributed by atoms with Crippen molar-refractivity contribution in [1.82, 2.24) is 4.98 Å². The van der Waals surface area contributed by atoms with Crippen LogP contribution in [0.3, 0.4) is 0 Å². The highest BCUT2D eigenvalue weighted by molar-refractivity contribution is 5.46. The predicted molar refractivity (Wildman–Crippen MR) is 61.3 cm³/mol. The van der Waals surface area contributed by atoms with Crippen LogP contribution >= 0.6 is 0 Å². The van der Waals surface area contributed by atoms with Gasteiger partial charge in [0.15, 0.2) is 23.3 Å². The molecule has 0 bridgehead atoms. The first kappa shape index (κ1) is 12.7. The standard InChI is InChI=1S/C11H17F2N3/c1-4-7(2)6-16(3)11-9(13)5-8(12)10(14)15-11/h5,7H,4,6H2,1-3H3,(H2,14,15). The molecule has 5 heteroatoms. The van der Waals surface area contributed by atoms with Gasteiger partial charge in [0.1, 0.15) is 0 Å². The number of rotatable bonds is 4. The first-order valence-corrected chi connectivity index (χ1v) is 5.28. The molecule has 1 rings (SSSR count). The zero-order valence-electron chi connectivity index (χ0n) is 9.80. The minimum atomic E-state index is -0.821. The number of hydrogen-bond donors (Lipinski definition) is 1. The van der Waals surface area contributed by atoms with Crippen LogP contribution in [0.5, 0.6) is 0 Å². The van der Waals surface area contributed by atoms with Gasteiger partial charge in [0.2, 0.25) is 0 Å². The fraction of sp³-hybridized carbons (Fsp3) is 0.545. The molecule has 1 aromatic heterocycles. The predicted octanol–water partition coefficient (Wildman–Crippen LogP) is 2.42. The van der Waals surface area contributed by atoms with Crippen LogP contribution in [0.4, 0.5) is 20.4 Å². The van der Waals surface area contributed by atoms with Crippen molar-refractivity contribution in [2.75, 3.05) is 24.2 Å². The Balaban J connectivity index is 2.91. The van der Waals surface area contributed by atoms with Crippen LogP contribution in [-0.2, 0) is 0 Å². The molecule has 0 spiro atoms. The molecule has 90 valence electrons. The van der Waals surface area contributed by atoms with E-state index < -0.39 is 11.6 Å². The minimum Gasteiger partial charge on any atom is -0.381 e. The summed E-state index contributed by atoms with van der Waals surface area (Å²) in [4.78, 5) is 5.37. The molecule has 0 aliphatic carbocycles. The average Bonchev–Trinajstić information content (AvgIpc) is 2.23. The van der Waals surface area contributed by atoms with E-state index in [4.69, 9.17) is 5.73 Å². The van der Waals surface area contributed by atoms with Crippen molar-refractivity contribution in [3.63, 3.8) is 0 Å². The van der Waals surface area contributed by atoms with E-state index in [1.165, 1.54) is 0 Å². The summed E-state index contributed by atoms with van der Waals surface area (Å²) < 4.78 is 26.3. The fourth-order valence-electron chi connectivity index (χ4n) is 1.42. The maximum atomic E-state index is 13.4. The molecular formula is C11H17F2N3. The molecule has 0 aromatic carbocycles. The number of hydrogen-bond acceptors (Lipinski definition) is 3. The number of anilines is 2. The normalized spacial score (nSPS) is 12.6. The van der Waals surface area contributed by atoms with Gasteiger partial charge in [-0.15, -0.1) is 0 Å². The summed E-state index contributed by atoms with van der Waals surface area (Å²) in [6, 6.07) is 0.769. The van der Waals surface area contributed by atoms with Gasteiger partial charge in [-0.2, -0.15) is 0 Å². The van der Waals surface area contributed by atoms with Crippen molar-refractivity contribution >= 4 is 11.6 Å². The van der Waals surface area contributed by atoms with Gasteiger partial charge in [-0.05, 0) is 5.92 Å². The van der Waals surface area contributed by atoms with Crippen LogP contribution in [0.2, 0.25) is 0 Å². The van der Waals surface area contributed by atoms with Crippen LogP contribution in [0, 0.1) is 17.6 Å². The smallest absolute Gasteiger partial charge is 0.168 e. The number of nitrogens with zero attached hydrogens (tertiary/aromatic N) is 2. The topological polar surface area (TPSA) is 42.2 Å². The highest BCUT2D eigenvalue weighted by Crippen LogP contribution is 2.20. The van der Waals surface area contributed by atoms with Crippen LogP contribution < -0.4 is 10.6 Å². The average molecular weight is 229 g/mol. The summed E-state index contributed by atoms with van der Waals surface area (Å²) >= 11 is 0. The van der Waals surface area contributed by atoms with Crippen molar-refractivity contribution in [3.05, 3.63) is 17.7 Å². The van der Waals surface area contributed by atoms with Crippen molar-refractivity contribution < 1.29 is 8.78 Å².